The molecule has 0 radical (unpaired) electrons. The number of hydrogen-bond donors (Lipinski definition) is 3. The molecule has 0 spiro atoms. The van der Waals surface area contributed by atoms with Crippen LogP contribution >= 0.6 is 11.6 Å². The summed E-state index contributed by atoms with van der Waals surface area (Å²) in [6.45, 7) is 5.67. The van der Waals surface area contributed by atoms with Gasteiger partial charge in [-0.1, -0.05) is 23.7 Å². The number of carbonyl (C=O) groups excluding carboxylic acids is 1. The number of carboxylic acid groups (broad SMARTS) is 1. The predicted molar refractivity (Wildman–Crippen MR) is 126 cm³/mol. The molecule has 9 heteroatoms. The minimum Gasteiger partial charge on any atom is -0.489 e. The maximum absolute atomic E-state index is 12.6. The van der Waals surface area contributed by atoms with Gasteiger partial charge >= 0.3 is 5.97 Å². The summed E-state index contributed by atoms with van der Waals surface area (Å²) < 4.78 is 5.65. The summed E-state index contributed by atoms with van der Waals surface area (Å²) in [6.07, 6.45) is 0.0168. The molecule has 8 nitrogen and oxygen atoms in total. The van der Waals surface area contributed by atoms with Gasteiger partial charge in [0.2, 0.25) is 0 Å². The van der Waals surface area contributed by atoms with E-state index >= 15 is 0 Å². The monoisotopic (exact) mass is 468 g/mol. The van der Waals surface area contributed by atoms with Crippen LogP contribution in [0.25, 0.3) is 11.3 Å². The van der Waals surface area contributed by atoms with Crippen LogP contribution < -0.4 is 10.1 Å². The molecule has 0 bridgehead atoms. The number of benzene rings is 2. The van der Waals surface area contributed by atoms with Gasteiger partial charge in [0.25, 0.3) is 5.91 Å². The fraction of sp³-hybridized carbons (Fsp3) is 0.292. The number of amides is 1. The molecule has 1 fully saturated rings. The van der Waals surface area contributed by atoms with E-state index in [1.54, 1.807) is 18.2 Å². The summed E-state index contributed by atoms with van der Waals surface area (Å²) in [5.74, 6) is -0.723. The SMILES string of the molecule is CC(C)Oc1ccc(-c2cc(C(=O)Nc3ccc(CN4CC(C(=O)O)C4)cc3)[nH]n2)cc1Cl. The lowest BCUT2D eigenvalue weighted by molar-refractivity contribution is -0.147. The first-order chi connectivity index (χ1) is 15.8. The molecule has 1 saturated heterocycles. The van der Waals surface area contributed by atoms with Gasteiger partial charge in [0, 0.05) is 30.9 Å². The molecule has 0 aliphatic carbocycles. The number of aliphatic carboxylic acids is 1. The van der Waals surface area contributed by atoms with E-state index in [4.69, 9.17) is 21.4 Å². The van der Waals surface area contributed by atoms with Crippen molar-refractivity contribution in [3.8, 4) is 17.0 Å². The number of carboxylic acids is 1. The molecule has 1 amide bonds. The highest BCUT2D eigenvalue weighted by atomic mass is 35.5. The molecular formula is C24H25ClN4O4. The van der Waals surface area contributed by atoms with Gasteiger partial charge < -0.3 is 15.2 Å². The van der Waals surface area contributed by atoms with Gasteiger partial charge in [-0.05, 0) is 55.8 Å². The Kier molecular flexibility index (Phi) is 6.67. The Labute approximate surface area is 196 Å². The number of nitrogens with zero attached hydrogens (tertiary/aromatic N) is 2. The first-order valence-corrected chi connectivity index (χ1v) is 11.0. The Balaban J connectivity index is 1.35. The van der Waals surface area contributed by atoms with Gasteiger partial charge in [-0.25, -0.2) is 0 Å². The van der Waals surface area contributed by atoms with Gasteiger partial charge in [-0.3, -0.25) is 19.6 Å². The lowest BCUT2D eigenvalue weighted by atomic mass is 9.99. The Bertz CT molecular complexity index is 1150. The smallest absolute Gasteiger partial charge is 0.309 e. The zero-order chi connectivity index (χ0) is 23.5. The van der Waals surface area contributed by atoms with Crippen molar-refractivity contribution in [1.82, 2.24) is 15.1 Å². The van der Waals surface area contributed by atoms with Crippen molar-refractivity contribution in [3.05, 3.63) is 64.8 Å². The number of aromatic amines is 1. The number of carbonyl (C=O) groups is 2. The van der Waals surface area contributed by atoms with Crippen LogP contribution in [0.2, 0.25) is 5.02 Å². The predicted octanol–water partition coefficient (Wildman–Crippen LogP) is 4.29. The minimum absolute atomic E-state index is 0.0168. The van der Waals surface area contributed by atoms with Crippen molar-refractivity contribution in [2.75, 3.05) is 18.4 Å². The Morgan fingerprint density at radius 2 is 1.94 bits per heavy atom. The van der Waals surface area contributed by atoms with Crippen LogP contribution in [0.4, 0.5) is 5.69 Å². The summed E-state index contributed by atoms with van der Waals surface area (Å²) >= 11 is 6.31. The van der Waals surface area contributed by atoms with E-state index < -0.39 is 5.97 Å². The number of ether oxygens (including phenoxy) is 1. The van der Waals surface area contributed by atoms with Crippen molar-refractivity contribution in [1.29, 1.82) is 0 Å². The molecule has 0 saturated carbocycles. The van der Waals surface area contributed by atoms with Crippen LogP contribution in [-0.4, -0.2) is 51.3 Å². The molecule has 0 atom stereocenters. The third-order valence-corrected chi connectivity index (χ3v) is 5.63. The molecule has 3 N–H and O–H groups in total. The number of hydrogen-bond acceptors (Lipinski definition) is 5. The summed E-state index contributed by atoms with van der Waals surface area (Å²) in [5.41, 5.74) is 3.41. The third-order valence-electron chi connectivity index (χ3n) is 5.34. The van der Waals surface area contributed by atoms with E-state index in [9.17, 15) is 9.59 Å². The fourth-order valence-corrected chi connectivity index (χ4v) is 3.83. The summed E-state index contributed by atoms with van der Waals surface area (Å²) in [5, 5.41) is 19.3. The molecule has 1 aliphatic rings. The van der Waals surface area contributed by atoms with Gasteiger partial charge in [-0.2, -0.15) is 5.10 Å². The van der Waals surface area contributed by atoms with Crippen LogP contribution in [0.5, 0.6) is 5.75 Å². The van der Waals surface area contributed by atoms with Crippen molar-refractivity contribution in [2.24, 2.45) is 5.92 Å². The zero-order valence-corrected chi connectivity index (χ0v) is 19.1. The second kappa shape index (κ2) is 9.64. The average molecular weight is 469 g/mol. The van der Waals surface area contributed by atoms with Gasteiger partial charge in [0.05, 0.1) is 22.7 Å². The van der Waals surface area contributed by atoms with E-state index in [-0.39, 0.29) is 17.9 Å². The van der Waals surface area contributed by atoms with Crippen molar-refractivity contribution < 1.29 is 19.4 Å². The molecule has 0 unspecified atom stereocenters. The lowest BCUT2D eigenvalue weighted by Crippen LogP contribution is -2.49. The molecule has 2 heterocycles. The minimum atomic E-state index is -0.744. The third kappa shape index (κ3) is 5.53. The Morgan fingerprint density at radius 1 is 1.21 bits per heavy atom. The normalized spacial score (nSPS) is 14.2. The highest BCUT2D eigenvalue weighted by Crippen LogP contribution is 2.30. The lowest BCUT2D eigenvalue weighted by Gasteiger charge is -2.36. The molecule has 172 valence electrons. The number of rotatable bonds is 8. The first-order valence-electron chi connectivity index (χ1n) is 10.7. The molecule has 1 aromatic heterocycles. The summed E-state index contributed by atoms with van der Waals surface area (Å²) in [4.78, 5) is 25.6. The van der Waals surface area contributed by atoms with Gasteiger partial charge in [0.15, 0.2) is 0 Å². The molecule has 33 heavy (non-hydrogen) atoms. The van der Waals surface area contributed by atoms with Gasteiger partial charge in [0.1, 0.15) is 11.4 Å². The first kappa shape index (κ1) is 22.8. The molecule has 3 aromatic rings. The van der Waals surface area contributed by atoms with Crippen LogP contribution in [-0.2, 0) is 11.3 Å². The van der Waals surface area contributed by atoms with Crippen molar-refractivity contribution in [2.45, 2.75) is 26.5 Å². The average Bonchev–Trinajstić information content (AvgIpc) is 3.23. The molecule has 2 aromatic carbocycles. The maximum Gasteiger partial charge on any atom is 0.309 e. The maximum atomic E-state index is 12.6. The number of aromatic nitrogens is 2. The summed E-state index contributed by atoms with van der Waals surface area (Å²) in [6, 6.07) is 14.6. The number of nitrogens with one attached hydrogen (secondary N) is 2. The second-order valence-corrected chi connectivity index (χ2v) is 8.77. The van der Waals surface area contributed by atoms with Gasteiger partial charge in [-0.15, -0.1) is 0 Å². The zero-order valence-electron chi connectivity index (χ0n) is 18.3. The Hall–Kier alpha value is -3.36. The van der Waals surface area contributed by atoms with Crippen LogP contribution in [0.15, 0.2) is 48.5 Å². The van der Waals surface area contributed by atoms with E-state index in [1.165, 1.54) is 0 Å². The highest BCUT2D eigenvalue weighted by molar-refractivity contribution is 6.32. The number of anilines is 1. The number of likely N-dealkylation sites (tertiary alicyclic amines) is 1. The standard InChI is InChI=1S/C24H25ClN4O4/c1-14(2)33-22-8-5-16(9-19(22)25)20-10-21(28-27-20)23(30)26-18-6-3-15(4-7-18)11-29-12-17(13-29)24(31)32/h3-10,14,17H,11-13H2,1-2H3,(H,26,30)(H,27,28)(H,31,32). The molecule has 1 aliphatic heterocycles. The van der Waals surface area contributed by atoms with E-state index in [0.29, 0.717) is 47.5 Å². The number of H-pyrrole nitrogens is 1. The summed E-state index contributed by atoms with van der Waals surface area (Å²) in [7, 11) is 0. The molecular weight excluding hydrogens is 444 g/mol. The van der Waals surface area contributed by atoms with Crippen LogP contribution in [0.1, 0.15) is 29.9 Å². The number of halogens is 1. The van der Waals surface area contributed by atoms with Crippen molar-refractivity contribution in [3.63, 3.8) is 0 Å². The van der Waals surface area contributed by atoms with E-state index in [0.717, 1.165) is 11.1 Å². The largest absolute Gasteiger partial charge is 0.489 e. The van der Waals surface area contributed by atoms with E-state index in [1.807, 2.05) is 44.2 Å². The van der Waals surface area contributed by atoms with Crippen molar-refractivity contribution >= 4 is 29.2 Å². The second-order valence-electron chi connectivity index (χ2n) is 8.36. The topological polar surface area (TPSA) is 108 Å². The van der Waals surface area contributed by atoms with E-state index in [2.05, 4.69) is 20.4 Å². The Morgan fingerprint density at radius 3 is 2.58 bits per heavy atom. The van der Waals surface area contributed by atoms with Crippen LogP contribution in [0.3, 0.4) is 0 Å². The quantitative estimate of drug-likeness (QED) is 0.455. The molecule has 4 rings (SSSR count). The van der Waals surface area contributed by atoms with Crippen LogP contribution in [0, 0.1) is 5.92 Å². The highest BCUT2D eigenvalue weighted by Gasteiger charge is 2.32. The fourth-order valence-electron chi connectivity index (χ4n) is 3.60.